The molecule has 5 heteroatoms. The summed E-state index contributed by atoms with van der Waals surface area (Å²) in [7, 11) is 0. The summed E-state index contributed by atoms with van der Waals surface area (Å²) in [6, 6.07) is 4.19. The zero-order valence-corrected chi connectivity index (χ0v) is 10.8. The Balaban J connectivity index is 0.000001000. The summed E-state index contributed by atoms with van der Waals surface area (Å²) in [6.07, 6.45) is 2.19. The van der Waals surface area contributed by atoms with E-state index in [0.29, 0.717) is 12.7 Å². The first-order chi connectivity index (χ1) is 8.43. The maximum absolute atomic E-state index is 5.57. The number of benzene rings is 1. The van der Waals surface area contributed by atoms with Crippen molar-refractivity contribution in [3.05, 3.63) is 23.3 Å². The van der Waals surface area contributed by atoms with E-state index in [1.807, 2.05) is 6.07 Å². The van der Waals surface area contributed by atoms with Gasteiger partial charge in [-0.25, -0.2) is 0 Å². The molecule has 18 heavy (non-hydrogen) atoms. The maximum atomic E-state index is 5.57. The van der Waals surface area contributed by atoms with E-state index < -0.39 is 0 Å². The summed E-state index contributed by atoms with van der Waals surface area (Å²) in [5, 5.41) is 3.39. The molecule has 3 aliphatic rings. The van der Waals surface area contributed by atoms with Crippen molar-refractivity contribution in [1.82, 2.24) is 5.32 Å². The lowest BCUT2D eigenvalue weighted by molar-refractivity contribution is 0.173. The number of rotatable bonds is 1. The van der Waals surface area contributed by atoms with Crippen molar-refractivity contribution < 1.29 is 9.47 Å². The number of nitrogens with zero attached hydrogens (tertiary/aromatic N) is 1. The van der Waals surface area contributed by atoms with Crippen molar-refractivity contribution in [2.75, 3.05) is 19.9 Å². The minimum atomic E-state index is 0. The van der Waals surface area contributed by atoms with Crippen LogP contribution in [0.2, 0.25) is 0 Å². The molecule has 0 fully saturated rings. The van der Waals surface area contributed by atoms with Crippen LogP contribution in [-0.4, -0.2) is 25.7 Å². The number of amidine groups is 1. The average Bonchev–Trinajstić information content (AvgIpc) is 3.08. The summed E-state index contributed by atoms with van der Waals surface area (Å²) >= 11 is 0. The third-order valence-corrected chi connectivity index (χ3v) is 3.77. The first-order valence-electron chi connectivity index (χ1n) is 6.13. The molecule has 0 spiro atoms. The fourth-order valence-electron chi connectivity index (χ4n) is 3.01. The van der Waals surface area contributed by atoms with E-state index in [0.717, 1.165) is 43.3 Å². The second-order valence-electron chi connectivity index (χ2n) is 4.65. The van der Waals surface area contributed by atoms with Crippen LogP contribution in [0.4, 0.5) is 0 Å². The summed E-state index contributed by atoms with van der Waals surface area (Å²) in [5.41, 5.74) is 2.68. The molecule has 2 heterocycles. The highest BCUT2D eigenvalue weighted by Gasteiger charge is 2.33. The van der Waals surface area contributed by atoms with Crippen molar-refractivity contribution in [3.63, 3.8) is 0 Å². The molecule has 2 aliphatic heterocycles. The summed E-state index contributed by atoms with van der Waals surface area (Å²) < 4.78 is 11.0. The third-order valence-electron chi connectivity index (χ3n) is 3.77. The largest absolute Gasteiger partial charge is 0.454 e. The lowest BCUT2D eigenvalue weighted by Crippen LogP contribution is -2.24. The molecule has 4 rings (SSSR count). The molecule has 1 aromatic carbocycles. The van der Waals surface area contributed by atoms with Gasteiger partial charge in [0.15, 0.2) is 11.5 Å². The van der Waals surface area contributed by atoms with Crippen LogP contribution in [0.1, 0.15) is 23.5 Å². The Kier molecular flexibility index (Phi) is 2.82. The van der Waals surface area contributed by atoms with Gasteiger partial charge in [0.1, 0.15) is 5.84 Å². The second-order valence-corrected chi connectivity index (χ2v) is 4.65. The van der Waals surface area contributed by atoms with Gasteiger partial charge in [-0.3, -0.25) is 4.99 Å². The summed E-state index contributed by atoms with van der Waals surface area (Å²) in [6.45, 7) is 2.24. The molecule has 0 amide bonds. The van der Waals surface area contributed by atoms with Crippen LogP contribution in [0.25, 0.3) is 0 Å². The number of halogens is 1. The Labute approximate surface area is 112 Å². The van der Waals surface area contributed by atoms with Gasteiger partial charge >= 0.3 is 0 Å². The number of hydrogen-bond donors (Lipinski definition) is 1. The number of fused-ring (bicyclic) bond motifs is 3. The fraction of sp³-hybridized carbons (Fsp3) is 0.462. The van der Waals surface area contributed by atoms with Crippen LogP contribution in [0.15, 0.2) is 17.1 Å². The topological polar surface area (TPSA) is 42.9 Å². The minimum absolute atomic E-state index is 0. The predicted molar refractivity (Wildman–Crippen MR) is 71.2 cm³/mol. The van der Waals surface area contributed by atoms with Gasteiger partial charge in [0.05, 0.1) is 6.54 Å². The number of nitrogens with one attached hydrogen (secondary N) is 1. The van der Waals surface area contributed by atoms with Gasteiger partial charge in [-0.2, -0.15) is 0 Å². The number of aliphatic imine (C=N–C) groups is 1. The van der Waals surface area contributed by atoms with E-state index in [-0.39, 0.29) is 12.4 Å². The van der Waals surface area contributed by atoms with Gasteiger partial charge in [-0.1, -0.05) is 6.07 Å². The van der Waals surface area contributed by atoms with Crippen LogP contribution in [-0.2, 0) is 6.42 Å². The van der Waals surface area contributed by atoms with Crippen molar-refractivity contribution in [3.8, 4) is 11.5 Å². The second kappa shape index (κ2) is 4.35. The highest BCUT2D eigenvalue weighted by molar-refractivity contribution is 5.91. The smallest absolute Gasteiger partial charge is 0.231 e. The van der Waals surface area contributed by atoms with Crippen molar-refractivity contribution in [2.24, 2.45) is 4.99 Å². The average molecular weight is 267 g/mol. The minimum Gasteiger partial charge on any atom is -0.454 e. The van der Waals surface area contributed by atoms with E-state index in [4.69, 9.17) is 9.47 Å². The van der Waals surface area contributed by atoms with E-state index >= 15 is 0 Å². The van der Waals surface area contributed by atoms with E-state index in [9.17, 15) is 0 Å². The number of hydrogen-bond acceptors (Lipinski definition) is 4. The monoisotopic (exact) mass is 266 g/mol. The zero-order chi connectivity index (χ0) is 11.2. The SMILES string of the molecule is Cl.c1cc2c(c3c1OCO3)CCC2C1=NCCN1. The molecule has 4 nitrogen and oxygen atoms in total. The highest BCUT2D eigenvalue weighted by atomic mass is 35.5. The normalized spacial score (nSPS) is 23.1. The predicted octanol–water partition coefficient (Wildman–Crippen LogP) is 1.87. The Morgan fingerprint density at radius 2 is 2.22 bits per heavy atom. The molecule has 0 bridgehead atoms. The Morgan fingerprint density at radius 1 is 1.28 bits per heavy atom. The van der Waals surface area contributed by atoms with Crippen LogP contribution in [0.5, 0.6) is 11.5 Å². The van der Waals surface area contributed by atoms with Crippen molar-refractivity contribution >= 4 is 18.2 Å². The molecular weight excluding hydrogens is 252 g/mol. The van der Waals surface area contributed by atoms with Crippen LogP contribution >= 0.6 is 12.4 Å². The van der Waals surface area contributed by atoms with Crippen LogP contribution in [0.3, 0.4) is 0 Å². The zero-order valence-electron chi connectivity index (χ0n) is 9.94. The van der Waals surface area contributed by atoms with Gasteiger partial charge in [0.25, 0.3) is 0 Å². The van der Waals surface area contributed by atoms with Crippen molar-refractivity contribution in [2.45, 2.75) is 18.8 Å². The highest BCUT2D eigenvalue weighted by Crippen LogP contribution is 2.45. The molecule has 96 valence electrons. The van der Waals surface area contributed by atoms with E-state index in [1.165, 1.54) is 11.1 Å². The molecule has 0 saturated carbocycles. The Hall–Kier alpha value is -1.42. The van der Waals surface area contributed by atoms with Crippen LogP contribution < -0.4 is 14.8 Å². The third kappa shape index (κ3) is 1.56. The molecule has 1 aromatic rings. The van der Waals surface area contributed by atoms with E-state index in [2.05, 4.69) is 16.4 Å². The lowest BCUT2D eigenvalue weighted by atomic mass is 9.99. The Morgan fingerprint density at radius 3 is 3.06 bits per heavy atom. The molecule has 1 unspecified atom stereocenters. The first kappa shape index (κ1) is 11.7. The molecular formula is C13H15ClN2O2. The maximum Gasteiger partial charge on any atom is 0.231 e. The molecule has 1 N–H and O–H groups in total. The lowest BCUT2D eigenvalue weighted by Gasteiger charge is -2.12. The molecule has 0 aromatic heterocycles. The fourth-order valence-corrected chi connectivity index (χ4v) is 3.01. The van der Waals surface area contributed by atoms with Gasteiger partial charge in [-0.15, -0.1) is 12.4 Å². The van der Waals surface area contributed by atoms with Gasteiger partial charge in [-0.05, 0) is 24.5 Å². The Bertz CT molecular complexity index is 516. The number of ether oxygens (including phenoxy) is 2. The summed E-state index contributed by atoms with van der Waals surface area (Å²) in [5.74, 6) is 3.44. The quantitative estimate of drug-likeness (QED) is 0.844. The van der Waals surface area contributed by atoms with Crippen molar-refractivity contribution in [1.29, 1.82) is 0 Å². The molecule has 1 atom stereocenters. The first-order valence-corrected chi connectivity index (χ1v) is 6.13. The molecule has 0 saturated heterocycles. The standard InChI is InChI=1S/C13H14N2O2.ClH/c1-2-10(13-14-5-6-15-13)8-3-4-11-12(9(1)8)17-7-16-11;/h3-4,10H,1-2,5-7H2,(H,14,15);1H. The summed E-state index contributed by atoms with van der Waals surface area (Å²) in [4.78, 5) is 4.54. The van der Waals surface area contributed by atoms with Gasteiger partial charge in [0.2, 0.25) is 6.79 Å². The van der Waals surface area contributed by atoms with Crippen LogP contribution in [0, 0.1) is 0 Å². The van der Waals surface area contributed by atoms with Gasteiger partial charge in [0, 0.05) is 18.0 Å². The van der Waals surface area contributed by atoms with Gasteiger partial charge < -0.3 is 14.8 Å². The molecule has 0 radical (unpaired) electrons. The molecule has 1 aliphatic carbocycles. The van der Waals surface area contributed by atoms with E-state index in [1.54, 1.807) is 0 Å².